The number of carbonyl (C=O) groups is 1. The van der Waals surface area contributed by atoms with Crippen molar-refractivity contribution in [2.45, 2.75) is 24.8 Å². The maximum absolute atomic E-state index is 13.7. The van der Waals surface area contributed by atoms with Crippen LogP contribution >= 0.6 is 0 Å². The van der Waals surface area contributed by atoms with Crippen LogP contribution in [0.2, 0.25) is 0 Å². The van der Waals surface area contributed by atoms with E-state index in [9.17, 15) is 17.6 Å². The lowest BCUT2D eigenvalue weighted by Crippen LogP contribution is -2.47. The van der Waals surface area contributed by atoms with Gasteiger partial charge in [0.05, 0.1) is 10.6 Å². The summed E-state index contributed by atoms with van der Waals surface area (Å²) < 4.78 is 40.9. The predicted octanol–water partition coefficient (Wildman–Crippen LogP) is 2.77. The van der Waals surface area contributed by atoms with Gasteiger partial charge in [-0.15, -0.1) is 0 Å². The summed E-state index contributed by atoms with van der Waals surface area (Å²) in [6.45, 7) is 3.41. The Hall–Kier alpha value is -2.25. The van der Waals surface area contributed by atoms with E-state index in [4.69, 9.17) is 0 Å². The molecular formula is C17H19FN2O3S. The van der Waals surface area contributed by atoms with Gasteiger partial charge in [0.25, 0.3) is 0 Å². The number of rotatable bonds is 6. The summed E-state index contributed by atoms with van der Waals surface area (Å²) in [6.07, 6.45) is 0. The van der Waals surface area contributed by atoms with Crippen molar-refractivity contribution in [1.29, 1.82) is 0 Å². The second-order valence-electron chi connectivity index (χ2n) is 5.63. The van der Waals surface area contributed by atoms with E-state index in [2.05, 4.69) is 10.0 Å². The number of benzene rings is 2. The molecule has 2 aromatic rings. The molecule has 0 aromatic heterocycles. The Balaban J connectivity index is 2.21. The van der Waals surface area contributed by atoms with Gasteiger partial charge >= 0.3 is 0 Å². The highest BCUT2D eigenvalue weighted by Crippen LogP contribution is 2.16. The number of sulfonamides is 1. The zero-order valence-electron chi connectivity index (χ0n) is 13.4. The molecule has 1 atom stereocenters. The minimum Gasteiger partial charge on any atom is -0.322 e. The third kappa shape index (κ3) is 4.39. The van der Waals surface area contributed by atoms with Crippen molar-refractivity contribution in [2.75, 3.05) is 5.32 Å². The Morgan fingerprint density at radius 1 is 1.00 bits per heavy atom. The summed E-state index contributed by atoms with van der Waals surface area (Å²) in [5.74, 6) is -1.52. The van der Waals surface area contributed by atoms with Crippen LogP contribution in [-0.2, 0) is 14.8 Å². The molecule has 0 heterocycles. The van der Waals surface area contributed by atoms with Gasteiger partial charge in [0, 0.05) is 0 Å². The van der Waals surface area contributed by atoms with Crippen molar-refractivity contribution in [2.24, 2.45) is 5.92 Å². The van der Waals surface area contributed by atoms with Crippen LogP contribution in [0.1, 0.15) is 13.8 Å². The fourth-order valence-electron chi connectivity index (χ4n) is 2.10. The Labute approximate surface area is 141 Å². The predicted molar refractivity (Wildman–Crippen MR) is 90.4 cm³/mol. The fourth-order valence-corrected chi connectivity index (χ4v) is 3.47. The van der Waals surface area contributed by atoms with Crippen LogP contribution in [0.3, 0.4) is 0 Å². The van der Waals surface area contributed by atoms with Crippen LogP contribution in [0.25, 0.3) is 0 Å². The summed E-state index contributed by atoms with van der Waals surface area (Å²) in [6, 6.07) is 12.4. The van der Waals surface area contributed by atoms with E-state index >= 15 is 0 Å². The van der Waals surface area contributed by atoms with Gasteiger partial charge in [-0.05, 0) is 30.2 Å². The molecule has 1 amide bonds. The molecule has 128 valence electrons. The first-order valence-electron chi connectivity index (χ1n) is 7.44. The number of hydrogen-bond acceptors (Lipinski definition) is 3. The fraction of sp³-hybridized carbons (Fsp3) is 0.235. The highest BCUT2D eigenvalue weighted by atomic mass is 32.2. The summed E-state index contributed by atoms with van der Waals surface area (Å²) in [4.78, 5) is 12.5. The quantitative estimate of drug-likeness (QED) is 0.841. The molecule has 0 unspecified atom stereocenters. The molecule has 0 radical (unpaired) electrons. The maximum atomic E-state index is 13.7. The average molecular weight is 350 g/mol. The molecule has 2 rings (SSSR count). The third-order valence-corrected chi connectivity index (χ3v) is 4.87. The first-order chi connectivity index (χ1) is 11.3. The summed E-state index contributed by atoms with van der Waals surface area (Å²) in [7, 11) is -3.86. The van der Waals surface area contributed by atoms with Gasteiger partial charge < -0.3 is 5.32 Å². The van der Waals surface area contributed by atoms with E-state index in [0.717, 1.165) is 0 Å². The van der Waals surface area contributed by atoms with Gasteiger partial charge in [-0.3, -0.25) is 4.79 Å². The molecule has 0 spiro atoms. The molecule has 0 aliphatic rings. The molecule has 2 aromatic carbocycles. The van der Waals surface area contributed by atoms with E-state index in [1.807, 2.05) is 0 Å². The van der Waals surface area contributed by atoms with Crippen LogP contribution in [0, 0.1) is 11.7 Å². The standard InChI is InChI=1S/C17H19FN2O3S/c1-12(2)16(17(21)19-15-11-7-6-10-14(15)18)20-24(22,23)13-8-4-3-5-9-13/h3-12,16,20H,1-2H3,(H,19,21)/t16-/m0/s1. The van der Waals surface area contributed by atoms with Crippen LogP contribution in [0.15, 0.2) is 59.5 Å². The molecule has 0 aliphatic heterocycles. The molecule has 0 saturated heterocycles. The van der Waals surface area contributed by atoms with E-state index in [0.29, 0.717) is 0 Å². The zero-order chi connectivity index (χ0) is 17.7. The highest BCUT2D eigenvalue weighted by molar-refractivity contribution is 7.89. The SMILES string of the molecule is CC(C)[C@H](NS(=O)(=O)c1ccccc1)C(=O)Nc1ccccc1F. The first-order valence-corrected chi connectivity index (χ1v) is 8.92. The van der Waals surface area contributed by atoms with Crippen LogP contribution < -0.4 is 10.0 Å². The van der Waals surface area contributed by atoms with Gasteiger partial charge in [-0.1, -0.05) is 44.2 Å². The lowest BCUT2D eigenvalue weighted by atomic mass is 10.0. The normalized spacial score (nSPS) is 12.8. The topological polar surface area (TPSA) is 75.3 Å². The number of hydrogen-bond donors (Lipinski definition) is 2. The molecule has 0 aliphatic carbocycles. The van der Waals surface area contributed by atoms with Crippen molar-refractivity contribution in [3.63, 3.8) is 0 Å². The molecular weight excluding hydrogens is 331 g/mol. The van der Waals surface area contributed by atoms with Crippen molar-refractivity contribution in [3.05, 3.63) is 60.4 Å². The number of amides is 1. The Kier molecular flexibility index (Phi) is 5.69. The van der Waals surface area contributed by atoms with Crippen molar-refractivity contribution in [3.8, 4) is 0 Å². The third-order valence-electron chi connectivity index (χ3n) is 3.42. The van der Waals surface area contributed by atoms with Gasteiger partial charge in [-0.25, -0.2) is 12.8 Å². The number of halogens is 1. The second-order valence-corrected chi connectivity index (χ2v) is 7.34. The number of anilines is 1. The molecule has 5 nitrogen and oxygen atoms in total. The minimum absolute atomic E-state index is 0.00654. The van der Waals surface area contributed by atoms with Crippen molar-refractivity contribution < 1.29 is 17.6 Å². The van der Waals surface area contributed by atoms with Crippen LogP contribution in [0.4, 0.5) is 10.1 Å². The maximum Gasteiger partial charge on any atom is 0.242 e. The smallest absolute Gasteiger partial charge is 0.242 e. The van der Waals surface area contributed by atoms with Crippen molar-refractivity contribution in [1.82, 2.24) is 4.72 Å². The summed E-state index contributed by atoms with van der Waals surface area (Å²) in [5.41, 5.74) is 0.00654. The number of para-hydroxylation sites is 1. The van der Waals surface area contributed by atoms with E-state index in [1.165, 1.54) is 30.3 Å². The van der Waals surface area contributed by atoms with Crippen molar-refractivity contribution >= 4 is 21.6 Å². The summed E-state index contributed by atoms with van der Waals surface area (Å²) in [5, 5.41) is 2.42. The molecule has 24 heavy (non-hydrogen) atoms. The van der Waals surface area contributed by atoms with E-state index in [1.54, 1.807) is 38.1 Å². The molecule has 2 N–H and O–H groups in total. The second kappa shape index (κ2) is 7.55. The lowest BCUT2D eigenvalue weighted by Gasteiger charge is -2.21. The largest absolute Gasteiger partial charge is 0.322 e. The first kappa shape index (κ1) is 18.1. The van der Waals surface area contributed by atoms with Gasteiger partial charge in [0.1, 0.15) is 11.9 Å². The lowest BCUT2D eigenvalue weighted by molar-refractivity contribution is -0.118. The Morgan fingerprint density at radius 3 is 2.17 bits per heavy atom. The molecule has 0 bridgehead atoms. The van der Waals surface area contributed by atoms with Gasteiger partial charge in [0.2, 0.25) is 15.9 Å². The Morgan fingerprint density at radius 2 is 1.58 bits per heavy atom. The van der Waals surface area contributed by atoms with Crippen LogP contribution in [0.5, 0.6) is 0 Å². The Bertz CT molecular complexity index is 808. The minimum atomic E-state index is -3.86. The monoisotopic (exact) mass is 350 g/mol. The zero-order valence-corrected chi connectivity index (χ0v) is 14.2. The molecule has 0 saturated carbocycles. The molecule has 0 fully saturated rings. The van der Waals surface area contributed by atoms with E-state index in [-0.39, 0.29) is 16.5 Å². The number of carbonyl (C=O) groups excluding carboxylic acids is 1. The number of nitrogens with one attached hydrogen (secondary N) is 2. The average Bonchev–Trinajstić information content (AvgIpc) is 2.55. The van der Waals surface area contributed by atoms with Crippen LogP contribution in [-0.4, -0.2) is 20.4 Å². The van der Waals surface area contributed by atoms with Gasteiger partial charge in [-0.2, -0.15) is 4.72 Å². The van der Waals surface area contributed by atoms with E-state index < -0.39 is 27.8 Å². The highest BCUT2D eigenvalue weighted by Gasteiger charge is 2.28. The molecule has 7 heteroatoms. The summed E-state index contributed by atoms with van der Waals surface area (Å²) >= 11 is 0. The van der Waals surface area contributed by atoms with Gasteiger partial charge in [0.15, 0.2) is 0 Å².